The van der Waals surface area contributed by atoms with E-state index in [4.69, 9.17) is 9.47 Å². The quantitative estimate of drug-likeness (QED) is 0.322. The number of methoxy groups -OCH3 is 1. The zero-order valence-corrected chi connectivity index (χ0v) is 20.6. The van der Waals surface area contributed by atoms with E-state index < -0.39 is 17.7 Å². The number of ketones is 1. The van der Waals surface area contributed by atoms with Crippen molar-refractivity contribution in [3.05, 3.63) is 64.7 Å². The van der Waals surface area contributed by atoms with Crippen LogP contribution in [-0.4, -0.2) is 67.5 Å². The van der Waals surface area contributed by atoms with E-state index in [-0.39, 0.29) is 11.3 Å². The van der Waals surface area contributed by atoms with Gasteiger partial charge in [0.15, 0.2) is 0 Å². The molecule has 0 unspecified atom stereocenters. The number of aliphatic hydroxyl groups is 1. The number of carbonyl (C=O) groups is 2. The number of nitrogens with zero attached hydrogens (tertiary/aromatic N) is 2. The van der Waals surface area contributed by atoms with Crippen LogP contribution >= 0.6 is 0 Å². The fraction of sp³-hybridized carbons (Fsp3) is 0.407. The number of hydrogen-bond acceptors (Lipinski definition) is 6. The largest absolute Gasteiger partial charge is 0.507 e. The summed E-state index contributed by atoms with van der Waals surface area (Å²) in [6, 6.07) is 11.9. The van der Waals surface area contributed by atoms with Crippen molar-refractivity contribution in [2.75, 3.05) is 40.9 Å². The van der Waals surface area contributed by atoms with Crippen LogP contribution in [0.4, 0.5) is 0 Å². The molecule has 0 aromatic heterocycles. The summed E-state index contributed by atoms with van der Waals surface area (Å²) in [7, 11) is 5.51. The molecule has 1 fully saturated rings. The molecule has 0 saturated carbocycles. The number of carbonyl (C=O) groups excluding carboxylic acids is 2. The van der Waals surface area contributed by atoms with Crippen molar-refractivity contribution in [3.63, 3.8) is 0 Å². The van der Waals surface area contributed by atoms with Gasteiger partial charge in [-0.15, -0.1) is 0 Å². The third-order valence-electron chi connectivity index (χ3n) is 5.89. The van der Waals surface area contributed by atoms with E-state index in [2.05, 4.69) is 0 Å². The summed E-state index contributed by atoms with van der Waals surface area (Å²) in [5, 5.41) is 11.3. The monoisotopic (exact) mass is 466 g/mol. The molecule has 7 heteroatoms. The molecule has 2 aromatic rings. The van der Waals surface area contributed by atoms with Crippen molar-refractivity contribution in [3.8, 4) is 11.5 Å². The Morgan fingerprint density at radius 2 is 1.82 bits per heavy atom. The Morgan fingerprint density at radius 3 is 2.41 bits per heavy atom. The Labute approximate surface area is 201 Å². The van der Waals surface area contributed by atoms with E-state index in [1.54, 1.807) is 42.3 Å². The molecule has 3 rings (SSSR count). The second kappa shape index (κ2) is 11.2. The SMILES string of the molecule is CCCOc1ccc(C(O)=C2C(=O)C(=O)N(CCCN(C)C)[C@H]2c2ccc(OC)cc2)cc1C. The number of hydrogen-bond donors (Lipinski definition) is 1. The van der Waals surface area contributed by atoms with Crippen LogP contribution in [0.3, 0.4) is 0 Å². The van der Waals surface area contributed by atoms with Crippen LogP contribution in [0.2, 0.25) is 0 Å². The number of aliphatic hydroxyl groups excluding tert-OH is 1. The second-order valence-corrected chi connectivity index (χ2v) is 8.75. The smallest absolute Gasteiger partial charge is 0.295 e. The fourth-order valence-electron chi connectivity index (χ4n) is 4.13. The first kappa shape index (κ1) is 25.3. The van der Waals surface area contributed by atoms with Gasteiger partial charge in [-0.3, -0.25) is 9.59 Å². The Hall–Kier alpha value is -3.32. The summed E-state index contributed by atoms with van der Waals surface area (Å²) >= 11 is 0. The number of rotatable bonds is 10. The molecule has 1 aliphatic rings. The van der Waals surface area contributed by atoms with Gasteiger partial charge >= 0.3 is 0 Å². The fourth-order valence-corrected chi connectivity index (χ4v) is 4.13. The number of Topliss-reactive ketones (excluding diaryl/α,β-unsaturated/α-hetero) is 1. The predicted molar refractivity (Wildman–Crippen MR) is 132 cm³/mol. The average Bonchev–Trinajstić information content (AvgIpc) is 3.07. The van der Waals surface area contributed by atoms with Crippen LogP contribution in [0.15, 0.2) is 48.0 Å². The summed E-state index contributed by atoms with van der Waals surface area (Å²) in [4.78, 5) is 29.8. The Bertz CT molecular complexity index is 1060. The van der Waals surface area contributed by atoms with Gasteiger partial charge in [-0.05, 0) is 81.9 Å². The van der Waals surface area contributed by atoms with Crippen LogP contribution in [0.25, 0.3) is 5.76 Å². The Morgan fingerprint density at radius 1 is 1.12 bits per heavy atom. The van der Waals surface area contributed by atoms with E-state index in [0.29, 0.717) is 30.9 Å². The summed E-state index contributed by atoms with van der Waals surface area (Å²) in [5.41, 5.74) is 2.16. The van der Waals surface area contributed by atoms with Crippen LogP contribution in [0.5, 0.6) is 11.5 Å². The van der Waals surface area contributed by atoms with Gasteiger partial charge in [0, 0.05) is 12.1 Å². The van der Waals surface area contributed by atoms with Crippen LogP contribution in [-0.2, 0) is 9.59 Å². The van der Waals surface area contributed by atoms with Crippen LogP contribution in [0, 0.1) is 6.92 Å². The van der Waals surface area contributed by atoms with Crippen LogP contribution < -0.4 is 9.47 Å². The molecule has 1 atom stereocenters. The van der Waals surface area contributed by atoms with Gasteiger partial charge in [-0.2, -0.15) is 0 Å². The van der Waals surface area contributed by atoms with E-state index in [0.717, 1.165) is 29.8 Å². The molecule has 2 aromatic carbocycles. The van der Waals surface area contributed by atoms with Crippen molar-refractivity contribution in [2.45, 2.75) is 32.7 Å². The van der Waals surface area contributed by atoms with Crippen molar-refractivity contribution in [1.82, 2.24) is 9.80 Å². The lowest BCUT2D eigenvalue weighted by Crippen LogP contribution is -2.32. The van der Waals surface area contributed by atoms with Gasteiger partial charge in [0.2, 0.25) is 0 Å². The molecule has 0 radical (unpaired) electrons. The number of aryl methyl sites for hydroxylation is 1. The molecule has 0 spiro atoms. The van der Waals surface area contributed by atoms with Crippen molar-refractivity contribution in [2.24, 2.45) is 0 Å². The summed E-state index contributed by atoms with van der Waals surface area (Å²) in [6.07, 6.45) is 1.59. The molecule has 0 bridgehead atoms. The molecule has 1 saturated heterocycles. The van der Waals surface area contributed by atoms with E-state index >= 15 is 0 Å². The van der Waals surface area contributed by atoms with Gasteiger partial charge in [-0.1, -0.05) is 19.1 Å². The first-order chi connectivity index (χ1) is 16.3. The number of likely N-dealkylation sites (tertiary alicyclic amines) is 1. The summed E-state index contributed by atoms with van der Waals surface area (Å²) < 4.78 is 11.0. The minimum atomic E-state index is -0.676. The second-order valence-electron chi connectivity index (χ2n) is 8.75. The highest BCUT2D eigenvalue weighted by atomic mass is 16.5. The van der Waals surface area contributed by atoms with Gasteiger partial charge in [0.25, 0.3) is 11.7 Å². The lowest BCUT2D eigenvalue weighted by Gasteiger charge is -2.26. The predicted octanol–water partition coefficient (Wildman–Crippen LogP) is 4.17. The van der Waals surface area contributed by atoms with E-state index in [1.165, 1.54) is 0 Å². The zero-order chi connectivity index (χ0) is 24.8. The molecule has 1 N–H and O–H groups in total. The highest BCUT2D eigenvalue weighted by Crippen LogP contribution is 2.40. The molecular weight excluding hydrogens is 432 g/mol. The first-order valence-electron chi connectivity index (χ1n) is 11.6. The van der Waals surface area contributed by atoms with Gasteiger partial charge in [0.05, 0.1) is 25.3 Å². The van der Waals surface area contributed by atoms with Crippen molar-refractivity contribution >= 4 is 17.4 Å². The molecule has 34 heavy (non-hydrogen) atoms. The highest BCUT2D eigenvalue weighted by Gasteiger charge is 2.45. The molecule has 182 valence electrons. The Balaban J connectivity index is 2.05. The molecule has 7 nitrogen and oxygen atoms in total. The van der Waals surface area contributed by atoms with Crippen molar-refractivity contribution in [1.29, 1.82) is 0 Å². The number of amides is 1. The first-order valence-corrected chi connectivity index (χ1v) is 11.6. The number of benzene rings is 2. The molecule has 1 heterocycles. The van der Waals surface area contributed by atoms with Gasteiger partial charge in [-0.25, -0.2) is 0 Å². The van der Waals surface area contributed by atoms with Crippen LogP contribution in [0.1, 0.15) is 42.5 Å². The summed E-state index contributed by atoms with van der Waals surface area (Å²) in [6.45, 7) is 5.70. The van der Waals surface area contributed by atoms with Crippen molar-refractivity contribution < 1.29 is 24.2 Å². The molecule has 1 amide bonds. The van der Waals surface area contributed by atoms with Gasteiger partial charge in [0.1, 0.15) is 17.3 Å². The topological polar surface area (TPSA) is 79.3 Å². The third-order valence-corrected chi connectivity index (χ3v) is 5.89. The van der Waals surface area contributed by atoms with Gasteiger partial charge < -0.3 is 24.4 Å². The standard InChI is InChI=1S/C27H34N2O5/c1-6-16-34-22-13-10-20(17-18(22)2)25(30)23-24(19-8-11-21(33-5)12-9-19)29(27(32)26(23)31)15-7-14-28(3)4/h8-13,17,24,30H,6-7,14-16H2,1-5H3/t24-/m0/s1. The minimum Gasteiger partial charge on any atom is -0.507 e. The normalized spacial score (nSPS) is 17.5. The molecule has 0 aliphatic carbocycles. The number of ether oxygens (including phenoxy) is 2. The summed E-state index contributed by atoms with van der Waals surface area (Å²) in [5.74, 6) is -0.0480. The lowest BCUT2D eigenvalue weighted by atomic mass is 9.94. The zero-order valence-electron chi connectivity index (χ0n) is 20.6. The maximum absolute atomic E-state index is 13.2. The van der Waals surface area contributed by atoms with E-state index in [1.807, 2.05) is 45.0 Å². The lowest BCUT2D eigenvalue weighted by molar-refractivity contribution is -0.139. The highest BCUT2D eigenvalue weighted by molar-refractivity contribution is 6.46. The molecule has 1 aliphatic heterocycles. The minimum absolute atomic E-state index is 0.0987. The Kier molecular flexibility index (Phi) is 8.34. The third kappa shape index (κ3) is 5.42. The maximum Gasteiger partial charge on any atom is 0.295 e. The maximum atomic E-state index is 13.2. The average molecular weight is 467 g/mol. The van der Waals surface area contributed by atoms with E-state index in [9.17, 15) is 14.7 Å². The molecular formula is C27H34N2O5.